The lowest BCUT2D eigenvalue weighted by Crippen LogP contribution is -1.96. The molecule has 0 amide bonds. The number of pyridine rings is 1. The van der Waals surface area contributed by atoms with Gasteiger partial charge in [0, 0.05) is 10.2 Å². The summed E-state index contributed by atoms with van der Waals surface area (Å²) < 4.78 is 1.14. The van der Waals surface area contributed by atoms with Crippen LogP contribution in [0, 0.1) is 0 Å². The van der Waals surface area contributed by atoms with E-state index in [2.05, 4.69) is 39.1 Å². The Labute approximate surface area is 122 Å². The largest absolute Gasteiger partial charge is 0.390 e. The summed E-state index contributed by atoms with van der Waals surface area (Å²) in [7, 11) is 0. The monoisotopic (exact) mass is 319 g/mol. The second-order valence-electron chi connectivity index (χ2n) is 4.62. The van der Waals surface area contributed by atoms with Crippen molar-refractivity contribution in [2.75, 3.05) is 0 Å². The van der Waals surface area contributed by atoms with Crippen LogP contribution in [0.2, 0.25) is 0 Å². The van der Waals surface area contributed by atoms with E-state index in [0.29, 0.717) is 0 Å². The third-order valence-corrected chi connectivity index (χ3v) is 3.56. The van der Waals surface area contributed by atoms with Crippen molar-refractivity contribution in [2.45, 2.75) is 32.3 Å². The molecular weight excluding hydrogens is 302 g/mol. The number of rotatable bonds is 6. The maximum Gasteiger partial charge on any atom is 0.0853 e. The van der Waals surface area contributed by atoms with Gasteiger partial charge in [0.25, 0.3) is 0 Å². The summed E-state index contributed by atoms with van der Waals surface area (Å²) in [4.78, 5) is 4.39. The first-order chi connectivity index (χ1) is 9.28. The predicted molar refractivity (Wildman–Crippen MR) is 80.9 cm³/mol. The van der Waals surface area contributed by atoms with E-state index in [-0.39, 0.29) is 6.61 Å². The summed E-state index contributed by atoms with van der Waals surface area (Å²) in [5.74, 6) is 0. The van der Waals surface area contributed by atoms with Crippen LogP contribution in [0.4, 0.5) is 0 Å². The van der Waals surface area contributed by atoms with E-state index in [1.807, 2.05) is 24.3 Å². The van der Waals surface area contributed by atoms with Gasteiger partial charge in [0.2, 0.25) is 0 Å². The Morgan fingerprint density at radius 1 is 0.947 bits per heavy atom. The topological polar surface area (TPSA) is 33.1 Å². The van der Waals surface area contributed by atoms with Crippen molar-refractivity contribution in [3.63, 3.8) is 0 Å². The highest BCUT2D eigenvalue weighted by Crippen LogP contribution is 2.14. The van der Waals surface area contributed by atoms with Gasteiger partial charge in [-0.3, -0.25) is 4.98 Å². The highest BCUT2D eigenvalue weighted by Gasteiger charge is 1.99. The SMILES string of the molecule is OCc1cccc(CCCCc2cccc(Br)c2)n1. The summed E-state index contributed by atoms with van der Waals surface area (Å²) in [6.45, 7) is 0.0197. The van der Waals surface area contributed by atoms with Crippen molar-refractivity contribution in [1.82, 2.24) is 4.98 Å². The van der Waals surface area contributed by atoms with Crippen molar-refractivity contribution in [2.24, 2.45) is 0 Å². The Bertz CT molecular complexity index is 528. The van der Waals surface area contributed by atoms with Crippen LogP contribution < -0.4 is 0 Å². The normalized spacial score (nSPS) is 10.6. The van der Waals surface area contributed by atoms with E-state index >= 15 is 0 Å². The highest BCUT2D eigenvalue weighted by atomic mass is 79.9. The van der Waals surface area contributed by atoms with Crippen molar-refractivity contribution >= 4 is 15.9 Å². The first kappa shape index (κ1) is 14.2. The van der Waals surface area contributed by atoms with Crippen LogP contribution in [0.15, 0.2) is 46.9 Å². The molecular formula is C16H18BrNO. The number of aryl methyl sites for hydroxylation is 2. The van der Waals surface area contributed by atoms with Gasteiger partial charge in [-0.25, -0.2) is 0 Å². The molecule has 0 bridgehead atoms. The van der Waals surface area contributed by atoms with Crippen molar-refractivity contribution in [1.29, 1.82) is 0 Å². The molecule has 2 rings (SSSR count). The van der Waals surface area contributed by atoms with Crippen molar-refractivity contribution in [3.05, 3.63) is 63.9 Å². The van der Waals surface area contributed by atoms with Gasteiger partial charge in [-0.2, -0.15) is 0 Å². The molecule has 2 nitrogen and oxygen atoms in total. The van der Waals surface area contributed by atoms with Gasteiger partial charge < -0.3 is 5.11 Å². The fraction of sp³-hybridized carbons (Fsp3) is 0.312. The molecule has 0 fully saturated rings. The van der Waals surface area contributed by atoms with Crippen molar-refractivity contribution < 1.29 is 5.11 Å². The molecule has 0 unspecified atom stereocenters. The minimum atomic E-state index is 0.0197. The average Bonchev–Trinajstić information content (AvgIpc) is 2.44. The number of benzene rings is 1. The maximum absolute atomic E-state index is 9.04. The minimum Gasteiger partial charge on any atom is -0.390 e. The number of aliphatic hydroxyl groups is 1. The lowest BCUT2D eigenvalue weighted by molar-refractivity contribution is 0.276. The van der Waals surface area contributed by atoms with Gasteiger partial charge in [0.1, 0.15) is 0 Å². The number of aromatic nitrogens is 1. The van der Waals surface area contributed by atoms with Gasteiger partial charge in [-0.15, -0.1) is 0 Å². The highest BCUT2D eigenvalue weighted by molar-refractivity contribution is 9.10. The number of aliphatic hydroxyl groups excluding tert-OH is 1. The third kappa shape index (κ3) is 4.77. The smallest absolute Gasteiger partial charge is 0.0853 e. The number of hydrogen-bond acceptors (Lipinski definition) is 2. The molecule has 0 spiro atoms. The predicted octanol–water partition coefficient (Wildman–Crippen LogP) is 3.90. The number of halogens is 1. The van der Waals surface area contributed by atoms with Crippen LogP contribution in [0.25, 0.3) is 0 Å². The Hall–Kier alpha value is -1.19. The quantitative estimate of drug-likeness (QED) is 0.819. The van der Waals surface area contributed by atoms with Crippen LogP contribution >= 0.6 is 15.9 Å². The van der Waals surface area contributed by atoms with E-state index in [0.717, 1.165) is 41.5 Å². The Morgan fingerprint density at radius 3 is 2.47 bits per heavy atom. The standard InChI is InChI=1S/C16H18BrNO/c17-14-7-3-6-13(11-14)5-1-2-8-15-9-4-10-16(12-19)18-15/h3-4,6-7,9-11,19H,1-2,5,8,12H2. The Kier molecular flexibility index (Phi) is 5.55. The van der Waals surface area contributed by atoms with E-state index in [1.165, 1.54) is 5.56 Å². The maximum atomic E-state index is 9.04. The molecule has 19 heavy (non-hydrogen) atoms. The number of unbranched alkanes of at least 4 members (excludes halogenated alkanes) is 1. The fourth-order valence-corrected chi connectivity index (χ4v) is 2.53. The Morgan fingerprint density at radius 2 is 1.68 bits per heavy atom. The molecule has 1 heterocycles. The first-order valence-corrected chi connectivity index (χ1v) is 7.37. The van der Waals surface area contributed by atoms with E-state index < -0.39 is 0 Å². The molecule has 0 radical (unpaired) electrons. The number of hydrogen-bond donors (Lipinski definition) is 1. The molecule has 3 heteroatoms. The van der Waals surface area contributed by atoms with Gasteiger partial charge in [0.15, 0.2) is 0 Å². The molecule has 0 saturated heterocycles. The van der Waals surface area contributed by atoms with Gasteiger partial charge >= 0.3 is 0 Å². The zero-order chi connectivity index (χ0) is 13.5. The zero-order valence-electron chi connectivity index (χ0n) is 10.8. The molecule has 0 aliphatic heterocycles. The number of nitrogens with zero attached hydrogens (tertiary/aromatic N) is 1. The summed E-state index contributed by atoms with van der Waals surface area (Å²) in [6.07, 6.45) is 4.34. The minimum absolute atomic E-state index is 0.0197. The zero-order valence-corrected chi connectivity index (χ0v) is 12.4. The van der Waals surface area contributed by atoms with E-state index in [9.17, 15) is 0 Å². The molecule has 1 N–H and O–H groups in total. The lowest BCUT2D eigenvalue weighted by Gasteiger charge is -2.04. The third-order valence-electron chi connectivity index (χ3n) is 3.06. The average molecular weight is 320 g/mol. The molecule has 0 atom stereocenters. The van der Waals surface area contributed by atoms with Crippen LogP contribution in [0.3, 0.4) is 0 Å². The van der Waals surface area contributed by atoms with Gasteiger partial charge in [-0.05, 0) is 55.5 Å². The van der Waals surface area contributed by atoms with Gasteiger partial charge in [-0.1, -0.05) is 34.1 Å². The summed E-state index contributed by atoms with van der Waals surface area (Å²) >= 11 is 3.49. The summed E-state index contributed by atoms with van der Waals surface area (Å²) in [6, 6.07) is 14.3. The second kappa shape index (κ2) is 7.41. The van der Waals surface area contributed by atoms with Crippen LogP contribution in [-0.2, 0) is 19.4 Å². The first-order valence-electron chi connectivity index (χ1n) is 6.58. The molecule has 0 saturated carbocycles. The van der Waals surface area contributed by atoms with Gasteiger partial charge in [0.05, 0.1) is 12.3 Å². The Balaban J connectivity index is 1.77. The summed E-state index contributed by atoms with van der Waals surface area (Å²) in [5, 5.41) is 9.04. The molecule has 0 aliphatic rings. The van der Waals surface area contributed by atoms with E-state index in [4.69, 9.17) is 5.11 Å². The van der Waals surface area contributed by atoms with Crippen molar-refractivity contribution in [3.8, 4) is 0 Å². The molecule has 1 aromatic heterocycles. The molecule has 0 aliphatic carbocycles. The fourth-order valence-electron chi connectivity index (χ4n) is 2.08. The van der Waals surface area contributed by atoms with Crippen LogP contribution in [0.1, 0.15) is 29.8 Å². The molecule has 1 aromatic carbocycles. The van der Waals surface area contributed by atoms with Crippen LogP contribution in [0.5, 0.6) is 0 Å². The second-order valence-corrected chi connectivity index (χ2v) is 5.53. The molecule has 100 valence electrons. The lowest BCUT2D eigenvalue weighted by atomic mass is 10.1. The van der Waals surface area contributed by atoms with E-state index in [1.54, 1.807) is 0 Å². The molecule has 2 aromatic rings. The summed E-state index contributed by atoms with van der Waals surface area (Å²) in [5.41, 5.74) is 3.19. The van der Waals surface area contributed by atoms with Crippen LogP contribution in [-0.4, -0.2) is 10.1 Å².